The number of hydrogen-bond donors (Lipinski definition) is 2. The van der Waals surface area contributed by atoms with Crippen LogP contribution in [0.2, 0.25) is 0 Å². The molecular formula is C11H16N4O2S2. The van der Waals surface area contributed by atoms with Crippen molar-refractivity contribution in [2.75, 3.05) is 12.3 Å². The number of anilines is 1. The fourth-order valence-corrected chi connectivity index (χ4v) is 4.32. The Morgan fingerprint density at radius 3 is 3.05 bits per heavy atom. The first-order valence-corrected chi connectivity index (χ1v) is 8.56. The fourth-order valence-electron chi connectivity index (χ4n) is 2.19. The summed E-state index contributed by atoms with van der Waals surface area (Å²) in [4.78, 5) is 4.64. The molecule has 104 valence electrons. The van der Waals surface area contributed by atoms with Crippen LogP contribution in [0.15, 0.2) is 16.6 Å². The van der Waals surface area contributed by atoms with Crippen LogP contribution in [0.1, 0.15) is 19.8 Å². The molecule has 0 spiro atoms. The fraction of sp³-hybridized carbons (Fsp3) is 0.545. The Bertz CT molecular complexity index is 699. The van der Waals surface area contributed by atoms with E-state index in [9.17, 15) is 8.42 Å². The number of nitrogen functional groups attached to an aromatic ring is 1. The zero-order valence-corrected chi connectivity index (χ0v) is 12.2. The standard InChI is InChI=1S/C11H16N4O2S2/c1-7(8-2-3-8)6-13-19(16,17)10-9(12)14-11-15(10)4-5-18-11/h4-5,7-8,13H,2-3,6,12H2,1H3. The van der Waals surface area contributed by atoms with Crippen molar-refractivity contribution in [1.82, 2.24) is 14.1 Å². The van der Waals surface area contributed by atoms with Gasteiger partial charge in [0.05, 0.1) is 0 Å². The van der Waals surface area contributed by atoms with E-state index < -0.39 is 10.0 Å². The second kappa shape index (κ2) is 4.46. The Kier molecular flexibility index (Phi) is 3.03. The molecule has 3 rings (SSSR count). The average Bonchev–Trinajstić information content (AvgIpc) is 3.02. The van der Waals surface area contributed by atoms with Gasteiger partial charge in [-0.2, -0.15) is 0 Å². The van der Waals surface area contributed by atoms with Gasteiger partial charge in [-0.15, -0.1) is 11.3 Å². The molecule has 0 amide bonds. The van der Waals surface area contributed by atoms with Crippen LogP contribution in [0.25, 0.3) is 4.96 Å². The summed E-state index contributed by atoms with van der Waals surface area (Å²) in [7, 11) is -3.61. The number of nitrogens with zero attached hydrogens (tertiary/aromatic N) is 2. The van der Waals surface area contributed by atoms with E-state index in [0.29, 0.717) is 23.3 Å². The van der Waals surface area contributed by atoms with Crippen molar-refractivity contribution in [3.63, 3.8) is 0 Å². The van der Waals surface area contributed by atoms with E-state index in [1.54, 1.807) is 11.6 Å². The van der Waals surface area contributed by atoms with Crippen molar-refractivity contribution in [2.45, 2.75) is 24.8 Å². The molecule has 2 heterocycles. The minimum Gasteiger partial charge on any atom is -0.381 e. The molecule has 1 fully saturated rings. The Morgan fingerprint density at radius 2 is 2.37 bits per heavy atom. The van der Waals surface area contributed by atoms with E-state index in [1.165, 1.54) is 28.6 Å². The number of nitrogens with one attached hydrogen (secondary N) is 1. The van der Waals surface area contributed by atoms with E-state index >= 15 is 0 Å². The summed E-state index contributed by atoms with van der Waals surface area (Å²) in [5, 5.41) is 1.83. The van der Waals surface area contributed by atoms with Crippen LogP contribution < -0.4 is 10.5 Å². The highest BCUT2D eigenvalue weighted by Gasteiger charge is 2.30. The number of aromatic nitrogens is 2. The maximum absolute atomic E-state index is 12.3. The molecule has 8 heteroatoms. The predicted octanol–water partition coefficient (Wildman–Crippen LogP) is 1.30. The van der Waals surface area contributed by atoms with Crippen molar-refractivity contribution >= 4 is 32.1 Å². The van der Waals surface area contributed by atoms with Gasteiger partial charge in [0.25, 0.3) is 10.0 Å². The molecule has 0 saturated heterocycles. The second-order valence-corrected chi connectivity index (χ2v) is 7.58. The minimum atomic E-state index is -3.61. The van der Waals surface area contributed by atoms with Crippen LogP contribution in [-0.2, 0) is 10.0 Å². The van der Waals surface area contributed by atoms with E-state index in [0.717, 1.165) is 0 Å². The molecule has 1 aliphatic carbocycles. The van der Waals surface area contributed by atoms with Crippen molar-refractivity contribution in [2.24, 2.45) is 11.8 Å². The lowest BCUT2D eigenvalue weighted by Gasteiger charge is -2.11. The molecule has 2 aromatic heterocycles. The SMILES string of the molecule is CC(CNS(=O)(=O)c1c(N)nc2sccn12)C1CC1. The maximum Gasteiger partial charge on any atom is 0.260 e. The van der Waals surface area contributed by atoms with Crippen LogP contribution >= 0.6 is 11.3 Å². The first-order chi connectivity index (χ1) is 8.99. The first-order valence-electron chi connectivity index (χ1n) is 6.20. The zero-order chi connectivity index (χ0) is 13.6. The molecule has 3 N–H and O–H groups in total. The van der Waals surface area contributed by atoms with Gasteiger partial charge in [0.2, 0.25) is 0 Å². The van der Waals surface area contributed by atoms with E-state index in [-0.39, 0.29) is 10.8 Å². The van der Waals surface area contributed by atoms with E-state index in [2.05, 4.69) is 16.6 Å². The minimum absolute atomic E-state index is 0.0479. The molecule has 19 heavy (non-hydrogen) atoms. The molecule has 0 radical (unpaired) electrons. The molecule has 0 aromatic carbocycles. The summed E-state index contributed by atoms with van der Waals surface area (Å²) in [5.41, 5.74) is 5.72. The van der Waals surface area contributed by atoms with Crippen molar-refractivity contribution in [3.8, 4) is 0 Å². The molecule has 0 aliphatic heterocycles. The zero-order valence-electron chi connectivity index (χ0n) is 10.5. The molecule has 1 saturated carbocycles. The molecule has 1 aliphatic rings. The maximum atomic E-state index is 12.3. The van der Waals surface area contributed by atoms with Crippen molar-refractivity contribution in [3.05, 3.63) is 11.6 Å². The number of thiazole rings is 1. The lowest BCUT2D eigenvalue weighted by Crippen LogP contribution is -2.30. The van der Waals surface area contributed by atoms with Gasteiger partial charge in [-0.3, -0.25) is 4.40 Å². The highest BCUT2D eigenvalue weighted by atomic mass is 32.2. The van der Waals surface area contributed by atoms with Crippen LogP contribution in [0.5, 0.6) is 0 Å². The van der Waals surface area contributed by atoms with Gasteiger partial charge in [0, 0.05) is 18.1 Å². The Balaban J connectivity index is 1.86. The second-order valence-electron chi connectivity index (χ2n) is 5.02. The summed E-state index contributed by atoms with van der Waals surface area (Å²) in [6.07, 6.45) is 4.07. The van der Waals surface area contributed by atoms with Crippen LogP contribution in [-0.4, -0.2) is 24.3 Å². The summed E-state index contributed by atoms with van der Waals surface area (Å²) in [5.74, 6) is 1.08. The van der Waals surface area contributed by atoms with Crippen LogP contribution in [0, 0.1) is 11.8 Å². The number of imidazole rings is 1. The number of sulfonamides is 1. The number of rotatable bonds is 5. The van der Waals surface area contributed by atoms with Gasteiger partial charge in [-0.1, -0.05) is 6.92 Å². The summed E-state index contributed by atoms with van der Waals surface area (Å²) < 4.78 is 28.8. The Morgan fingerprint density at radius 1 is 1.63 bits per heavy atom. The summed E-state index contributed by atoms with van der Waals surface area (Å²) in [6, 6.07) is 0. The Hall–Kier alpha value is -1.12. The third-order valence-electron chi connectivity index (χ3n) is 3.52. The smallest absolute Gasteiger partial charge is 0.260 e. The molecule has 1 atom stereocenters. The largest absolute Gasteiger partial charge is 0.381 e. The highest BCUT2D eigenvalue weighted by molar-refractivity contribution is 7.89. The van der Waals surface area contributed by atoms with Crippen LogP contribution in [0.4, 0.5) is 5.82 Å². The van der Waals surface area contributed by atoms with Crippen molar-refractivity contribution < 1.29 is 8.42 Å². The predicted molar refractivity (Wildman–Crippen MR) is 74.6 cm³/mol. The number of fused-ring (bicyclic) bond motifs is 1. The summed E-state index contributed by atoms with van der Waals surface area (Å²) >= 11 is 1.36. The molecular weight excluding hydrogens is 284 g/mol. The molecule has 6 nitrogen and oxygen atoms in total. The third kappa shape index (κ3) is 2.35. The van der Waals surface area contributed by atoms with Gasteiger partial charge < -0.3 is 5.73 Å². The first kappa shape index (κ1) is 12.9. The van der Waals surface area contributed by atoms with Gasteiger partial charge in [-0.05, 0) is 24.7 Å². The van der Waals surface area contributed by atoms with Gasteiger partial charge in [0.1, 0.15) is 0 Å². The molecule has 0 bridgehead atoms. The van der Waals surface area contributed by atoms with E-state index in [1.807, 2.05) is 0 Å². The van der Waals surface area contributed by atoms with Crippen LogP contribution in [0.3, 0.4) is 0 Å². The third-order valence-corrected chi connectivity index (χ3v) is 5.74. The summed E-state index contributed by atoms with van der Waals surface area (Å²) in [6.45, 7) is 2.52. The number of hydrogen-bond acceptors (Lipinski definition) is 5. The monoisotopic (exact) mass is 300 g/mol. The average molecular weight is 300 g/mol. The van der Waals surface area contributed by atoms with Gasteiger partial charge in [0.15, 0.2) is 15.8 Å². The van der Waals surface area contributed by atoms with Crippen molar-refractivity contribution in [1.29, 1.82) is 0 Å². The quantitative estimate of drug-likeness (QED) is 0.871. The normalized spacial score (nSPS) is 17.9. The topological polar surface area (TPSA) is 89.5 Å². The lowest BCUT2D eigenvalue weighted by molar-refractivity contribution is 0.491. The number of nitrogens with two attached hydrogens (primary N) is 1. The van der Waals surface area contributed by atoms with Gasteiger partial charge >= 0.3 is 0 Å². The van der Waals surface area contributed by atoms with Gasteiger partial charge in [-0.25, -0.2) is 18.1 Å². The molecule has 1 unspecified atom stereocenters. The van der Waals surface area contributed by atoms with E-state index in [4.69, 9.17) is 5.73 Å². The Labute approximate surface area is 115 Å². The highest BCUT2D eigenvalue weighted by Crippen LogP contribution is 2.36. The molecule has 2 aromatic rings. The lowest BCUT2D eigenvalue weighted by atomic mass is 10.1.